The van der Waals surface area contributed by atoms with E-state index in [0.29, 0.717) is 13.2 Å². The lowest BCUT2D eigenvalue weighted by Gasteiger charge is -2.11. The summed E-state index contributed by atoms with van der Waals surface area (Å²) in [6, 6.07) is 8.81. The van der Waals surface area contributed by atoms with Gasteiger partial charge in [-0.05, 0) is 19.4 Å². The molecule has 0 aliphatic rings. The molecule has 7 heteroatoms. The summed E-state index contributed by atoms with van der Waals surface area (Å²) in [4.78, 5) is 34.6. The van der Waals surface area contributed by atoms with Gasteiger partial charge < -0.3 is 10.1 Å². The maximum absolute atomic E-state index is 11.8. The smallest absolute Gasteiger partial charge is 0.321 e. The van der Waals surface area contributed by atoms with Crippen molar-refractivity contribution in [3.05, 3.63) is 35.9 Å². The fraction of sp³-hybridized carbons (Fsp3) is 0.400. The number of amides is 3. The molecule has 0 aliphatic carbocycles. The van der Waals surface area contributed by atoms with Crippen LogP contribution in [0.25, 0.3) is 0 Å². The summed E-state index contributed by atoms with van der Waals surface area (Å²) in [7, 11) is 0. The predicted molar refractivity (Wildman–Crippen MR) is 85.4 cm³/mol. The first-order chi connectivity index (χ1) is 10.5. The number of urea groups is 1. The van der Waals surface area contributed by atoms with Gasteiger partial charge in [0.25, 0.3) is 0 Å². The number of carbonyl (C=O) groups is 3. The first-order valence-electron chi connectivity index (χ1n) is 6.92. The summed E-state index contributed by atoms with van der Waals surface area (Å²) in [5.41, 5.74) is 0.940. The Balaban J connectivity index is 2.28. The number of thioether (sulfide) groups is 1. The molecule has 0 fully saturated rings. The SMILES string of the molecule is CCOC(=O)CS[C@H](C)C(=O)NC(=O)NCc1ccccc1. The predicted octanol–water partition coefficient (Wildman–Crippen LogP) is 1.70. The van der Waals surface area contributed by atoms with Gasteiger partial charge in [0.05, 0.1) is 17.6 Å². The first-order valence-corrected chi connectivity index (χ1v) is 7.97. The topological polar surface area (TPSA) is 84.5 Å². The van der Waals surface area contributed by atoms with Gasteiger partial charge in [-0.15, -0.1) is 11.8 Å². The van der Waals surface area contributed by atoms with Crippen molar-refractivity contribution in [2.45, 2.75) is 25.6 Å². The zero-order valence-electron chi connectivity index (χ0n) is 12.6. The van der Waals surface area contributed by atoms with E-state index in [1.807, 2.05) is 30.3 Å². The highest BCUT2D eigenvalue weighted by molar-refractivity contribution is 8.01. The summed E-state index contributed by atoms with van der Waals surface area (Å²) in [6.07, 6.45) is 0. The van der Waals surface area contributed by atoms with Crippen molar-refractivity contribution >= 4 is 29.7 Å². The molecule has 22 heavy (non-hydrogen) atoms. The number of rotatable bonds is 7. The number of ether oxygens (including phenoxy) is 1. The van der Waals surface area contributed by atoms with Gasteiger partial charge in [-0.1, -0.05) is 30.3 Å². The maximum Gasteiger partial charge on any atom is 0.321 e. The van der Waals surface area contributed by atoms with E-state index < -0.39 is 17.2 Å². The van der Waals surface area contributed by atoms with E-state index in [1.165, 1.54) is 0 Å². The van der Waals surface area contributed by atoms with E-state index in [1.54, 1.807) is 13.8 Å². The summed E-state index contributed by atoms with van der Waals surface area (Å²) >= 11 is 1.12. The van der Waals surface area contributed by atoms with Gasteiger partial charge in [0, 0.05) is 6.54 Å². The van der Waals surface area contributed by atoms with Crippen LogP contribution in [0.4, 0.5) is 4.79 Å². The molecule has 0 aromatic heterocycles. The molecule has 1 rings (SSSR count). The van der Waals surface area contributed by atoms with Crippen LogP contribution >= 0.6 is 11.8 Å². The minimum absolute atomic E-state index is 0.0774. The van der Waals surface area contributed by atoms with Crippen LogP contribution in [0.5, 0.6) is 0 Å². The lowest BCUT2D eigenvalue weighted by atomic mass is 10.2. The van der Waals surface area contributed by atoms with Crippen LogP contribution in [-0.4, -0.2) is 35.5 Å². The number of nitrogens with one attached hydrogen (secondary N) is 2. The number of imide groups is 1. The van der Waals surface area contributed by atoms with Gasteiger partial charge in [-0.25, -0.2) is 4.79 Å². The van der Waals surface area contributed by atoms with Crippen molar-refractivity contribution in [1.29, 1.82) is 0 Å². The van der Waals surface area contributed by atoms with Crippen LogP contribution in [0.15, 0.2) is 30.3 Å². The van der Waals surface area contributed by atoms with E-state index in [-0.39, 0.29) is 11.7 Å². The Morgan fingerprint density at radius 3 is 2.55 bits per heavy atom. The van der Waals surface area contributed by atoms with Crippen LogP contribution in [0, 0.1) is 0 Å². The van der Waals surface area contributed by atoms with E-state index in [9.17, 15) is 14.4 Å². The number of benzene rings is 1. The third-order valence-electron chi connectivity index (χ3n) is 2.66. The van der Waals surface area contributed by atoms with E-state index >= 15 is 0 Å². The van der Waals surface area contributed by atoms with Gasteiger partial charge in [0.2, 0.25) is 5.91 Å². The Morgan fingerprint density at radius 2 is 1.91 bits per heavy atom. The lowest BCUT2D eigenvalue weighted by Crippen LogP contribution is -2.42. The number of carbonyl (C=O) groups excluding carboxylic acids is 3. The molecule has 0 saturated carbocycles. The van der Waals surface area contributed by atoms with Crippen molar-refractivity contribution in [3.63, 3.8) is 0 Å². The van der Waals surface area contributed by atoms with E-state index in [2.05, 4.69) is 10.6 Å². The van der Waals surface area contributed by atoms with Gasteiger partial charge in [0.1, 0.15) is 0 Å². The molecule has 0 bridgehead atoms. The molecule has 120 valence electrons. The molecule has 0 spiro atoms. The van der Waals surface area contributed by atoms with Gasteiger partial charge in [-0.2, -0.15) is 0 Å². The number of hydrogen-bond acceptors (Lipinski definition) is 5. The van der Waals surface area contributed by atoms with Crippen LogP contribution in [0.3, 0.4) is 0 Å². The molecule has 0 aliphatic heterocycles. The molecule has 0 saturated heterocycles. The van der Waals surface area contributed by atoms with Crippen molar-refractivity contribution in [3.8, 4) is 0 Å². The molecule has 1 aromatic carbocycles. The fourth-order valence-corrected chi connectivity index (χ4v) is 2.19. The summed E-state index contributed by atoms with van der Waals surface area (Å²) < 4.78 is 4.77. The van der Waals surface area contributed by atoms with Gasteiger partial charge >= 0.3 is 12.0 Å². The Kier molecular flexibility index (Phi) is 8.06. The highest BCUT2D eigenvalue weighted by Gasteiger charge is 2.17. The zero-order chi connectivity index (χ0) is 16.4. The van der Waals surface area contributed by atoms with Crippen molar-refractivity contribution < 1.29 is 19.1 Å². The quantitative estimate of drug-likeness (QED) is 0.746. The first kappa shape index (κ1) is 18.0. The minimum atomic E-state index is -0.558. The molecule has 2 N–H and O–H groups in total. The monoisotopic (exact) mass is 324 g/mol. The second-order valence-corrected chi connectivity index (χ2v) is 5.74. The average molecular weight is 324 g/mol. The molecular weight excluding hydrogens is 304 g/mol. The standard InChI is InChI=1S/C15H20N2O4S/c1-3-21-13(18)10-22-11(2)14(19)17-15(20)16-9-12-7-5-4-6-8-12/h4-8,11H,3,9-10H2,1-2H3,(H2,16,17,19,20)/t11-/m1/s1. The summed E-state index contributed by atoms with van der Waals surface area (Å²) in [6.45, 7) is 3.99. The van der Waals surface area contributed by atoms with Crippen molar-refractivity contribution in [1.82, 2.24) is 10.6 Å². The van der Waals surface area contributed by atoms with Crippen LogP contribution < -0.4 is 10.6 Å². The summed E-state index contributed by atoms with van der Waals surface area (Å²) in [5, 5.41) is 4.32. The molecule has 3 amide bonds. The summed E-state index contributed by atoms with van der Waals surface area (Å²) in [5.74, 6) is -0.742. The minimum Gasteiger partial charge on any atom is -0.465 e. The van der Waals surface area contributed by atoms with Crippen LogP contribution in [0.1, 0.15) is 19.4 Å². The maximum atomic E-state index is 11.8. The molecule has 0 unspecified atom stereocenters. The third-order valence-corrected chi connectivity index (χ3v) is 3.77. The van der Waals surface area contributed by atoms with E-state index in [4.69, 9.17) is 4.74 Å². The molecule has 6 nitrogen and oxygen atoms in total. The second kappa shape index (κ2) is 9.83. The highest BCUT2D eigenvalue weighted by atomic mass is 32.2. The largest absolute Gasteiger partial charge is 0.465 e. The van der Waals surface area contributed by atoms with Crippen LogP contribution in [-0.2, 0) is 20.9 Å². The van der Waals surface area contributed by atoms with Crippen molar-refractivity contribution in [2.24, 2.45) is 0 Å². The molecule has 0 radical (unpaired) electrons. The highest BCUT2D eigenvalue weighted by Crippen LogP contribution is 2.10. The lowest BCUT2D eigenvalue weighted by molar-refractivity contribution is -0.139. The normalized spacial score (nSPS) is 11.4. The zero-order valence-corrected chi connectivity index (χ0v) is 13.4. The average Bonchev–Trinajstić information content (AvgIpc) is 2.52. The van der Waals surface area contributed by atoms with E-state index in [0.717, 1.165) is 17.3 Å². The van der Waals surface area contributed by atoms with Crippen LogP contribution in [0.2, 0.25) is 0 Å². The number of esters is 1. The Labute approximate surface area is 134 Å². The molecule has 0 heterocycles. The Morgan fingerprint density at radius 1 is 1.23 bits per heavy atom. The Hall–Kier alpha value is -2.02. The fourth-order valence-electron chi connectivity index (χ4n) is 1.51. The molecule has 1 aromatic rings. The molecule has 1 atom stereocenters. The molecular formula is C15H20N2O4S. The Bertz CT molecular complexity index is 508. The van der Waals surface area contributed by atoms with Crippen molar-refractivity contribution in [2.75, 3.05) is 12.4 Å². The number of hydrogen-bond donors (Lipinski definition) is 2. The second-order valence-electron chi connectivity index (χ2n) is 4.42. The van der Waals surface area contributed by atoms with Gasteiger partial charge in [0.15, 0.2) is 0 Å². The van der Waals surface area contributed by atoms with Gasteiger partial charge in [-0.3, -0.25) is 14.9 Å². The third kappa shape index (κ3) is 7.12.